The number of nitrogens with one attached hydrogen (secondary N) is 3. The first kappa shape index (κ1) is 22.3. The highest BCUT2D eigenvalue weighted by Crippen LogP contribution is 2.29. The maximum Gasteiger partial charge on any atom is 0.223 e. The van der Waals surface area contributed by atoms with Crippen molar-refractivity contribution in [1.82, 2.24) is 20.6 Å². The van der Waals surface area contributed by atoms with Crippen molar-refractivity contribution in [1.29, 1.82) is 0 Å². The number of aromatic nitrogens is 2. The van der Waals surface area contributed by atoms with Gasteiger partial charge in [0.2, 0.25) is 5.95 Å². The monoisotopic (exact) mass is 469 g/mol. The molecule has 3 fully saturated rings. The largest absolute Gasteiger partial charge is 0.497 e. The summed E-state index contributed by atoms with van der Waals surface area (Å²) in [5.74, 6) is 1.38. The molecule has 0 spiro atoms. The van der Waals surface area contributed by atoms with Crippen LogP contribution in [0.1, 0.15) is 32.1 Å². The molecule has 5 rings (SSSR count). The molecule has 1 aliphatic carbocycles. The molecule has 3 N–H and O–H groups in total. The van der Waals surface area contributed by atoms with Gasteiger partial charge in [-0.2, -0.15) is 0 Å². The Hall–Kier alpha value is -2.49. The van der Waals surface area contributed by atoms with Gasteiger partial charge in [-0.15, -0.1) is 0 Å². The number of hydrogen-bond acceptors (Lipinski definition) is 7. The third-order valence-electron chi connectivity index (χ3n) is 6.67. The van der Waals surface area contributed by atoms with Gasteiger partial charge in [0.1, 0.15) is 18.0 Å². The van der Waals surface area contributed by atoms with Crippen molar-refractivity contribution in [2.75, 3.05) is 25.6 Å². The first-order valence-corrected chi connectivity index (χ1v) is 12.1. The van der Waals surface area contributed by atoms with E-state index in [4.69, 9.17) is 26.4 Å². The number of fused-ring (bicyclic) bond motifs is 1. The van der Waals surface area contributed by atoms with Crippen molar-refractivity contribution in [3.63, 3.8) is 0 Å². The van der Waals surface area contributed by atoms with E-state index in [0.717, 1.165) is 17.0 Å². The van der Waals surface area contributed by atoms with E-state index in [1.807, 2.05) is 30.3 Å². The fraction of sp³-hybridized carbons (Fsp3) is 0.542. The summed E-state index contributed by atoms with van der Waals surface area (Å²) in [5.41, 5.74) is 1.85. The molecule has 2 saturated heterocycles. The predicted molar refractivity (Wildman–Crippen MR) is 130 cm³/mol. The van der Waals surface area contributed by atoms with Gasteiger partial charge in [0.15, 0.2) is 5.11 Å². The van der Waals surface area contributed by atoms with E-state index in [1.54, 1.807) is 13.3 Å². The third-order valence-corrected chi connectivity index (χ3v) is 6.90. The van der Waals surface area contributed by atoms with Crippen LogP contribution in [0.2, 0.25) is 0 Å². The minimum absolute atomic E-state index is 0.0206. The average Bonchev–Trinajstić information content (AvgIpc) is 3.43. The molecule has 4 unspecified atom stereocenters. The van der Waals surface area contributed by atoms with E-state index < -0.39 is 0 Å². The molecule has 176 valence electrons. The second-order valence-electron chi connectivity index (χ2n) is 8.90. The average molecular weight is 470 g/mol. The van der Waals surface area contributed by atoms with Crippen molar-refractivity contribution >= 4 is 23.3 Å². The molecule has 1 saturated carbocycles. The molecule has 3 aliphatic rings. The Morgan fingerprint density at radius 1 is 0.970 bits per heavy atom. The molecule has 3 heterocycles. The number of ether oxygens (including phenoxy) is 3. The maximum absolute atomic E-state index is 6.10. The van der Waals surface area contributed by atoms with Gasteiger partial charge in [-0.3, -0.25) is 0 Å². The van der Waals surface area contributed by atoms with E-state index in [0.29, 0.717) is 30.3 Å². The number of rotatable bonds is 6. The molecular weight excluding hydrogens is 438 g/mol. The zero-order chi connectivity index (χ0) is 22.6. The lowest BCUT2D eigenvalue weighted by molar-refractivity contribution is 0.0688. The summed E-state index contributed by atoms with van der Waals surface area (Å²) in [6.07, 6.45) is 7.88. The zero-order valence-electron chi connectivity index (χ0n) is 18.8. The summed E-state index contributed by atoms with van der Waals surface area (Å²) >= 11 is 5.57. The predicted octanol–water partition coefficient (Wildman–Crippen LogP) is 2.90. The van der Waals surface area contributed by atoms with E-state index in [2.05, 4.69) is 25.9 Å². The Balaban J connectivity index is 1.17. The standard InChI is InChI=1S/C24H31N5O3S/c1-30-17-9-7-15(8-10-17)18-11-12-25-23(27-18)28-19-13-31-22-20(14-32-21(19)22)29-24(33)26-16-5-3-2-4-6-16/h7-12,16,19-22H,2-6,13-14H2,1H3,(H,25,27,28)(H2,26,29,33). The summed E-state index contributed by atoms with van der Waals surface area (Å²) < 4.78 is 17.4. The van der Waals surface area contributed by atoms with Gasteiger partial charge in [-0.05, 0) is 55.4 Å². The van der Waals surface area contributed by atoms with Gasteiger partial charge in [0.25, 0.3) is 0 Å². The molecule has 1 aromatic heterocycles. The number of thiocarbonyl (C=S) groups is 1. The van der Waals surface area contributed by atoms with E-state index in [9.17, 15) is 0 Å². The summed E-state index contributed by atoms with van der Waals surface area (Å²) in [4.78, 5) is 9.09. The third kappa shape index (κ3) is 5.20. The van der Waals surface area contributed by atoms with Crippen LogP contribution in [0.3, 0.4) is 0 Å². The molecule has 0 bridgehead atoms. The number of anilines is 1. The van der Waals surface area contributed by atoms with Crippen LogP contribution in [-0.2, 0) is 9.47 Å². The second-order valence-corrected chi connectivity index (χ2v) is 9.31. The fourth-order valence-corrected chi connectivity index (χ4v) is 5.22. The van der Waals surface area contributed by atoms with E-state index in [1.165, 1.54) is 32.1 Å². The maximum atomic E-state index is 6.10. The lowest BCUT2D eigenvalue weighted by atomic mass is 9.96. The van der Waals surface area contributed by atoms with Gasteiger partial charge >= 0.3 is 0 Å². The van der Waals surface area contributed by atoms with Gasteiger partial charge in [-0.25, -0.2) is 9.97 Å². The Morgan fingerprint density at radius 2 is 1.70 bits per heavy atom. The molecule has 2 aliphatic heterocycles. The van der Waals surface area contributed by atoms with Crippen LogP contribution in [0.4, 0.5) is 5.95 Å². The summed E-state index contributed by atoms with van der Waals surface area (Å²) in [6.45, 7) is 1.10. The topological polar surface area (TPSA) is 89.6 Å². The van der Waals surface area contributed by atoms with Crippen LogP contribution in [0.25, 0.3) is 11.3 Å². The molecular formula is C24H31N5O3S. The van der Waals surface area contributed by atoms with Gasteiger partial charge in [0.05, 0.1) is 38.1 Å². The first-order chi connectivity index (χ1) is 16.2. The fourth-order valence-electron chi connectivity index (χ4n) is 4.91. The Labute approximate surface area is 199 Å². The molecule has 8 nitrogen and oxygen atoms in total. The normalized spacial score (nSPS) is 27.1. The van der Waals surface area contributed by atoms with E-state index >= 15 is 0 Å². The number of methoxy groups -OCH3 is 1. The number of nitrogens with zero attached hydrogens (tertiary/aromatic N) is 2. The van der Waals surface area contributed by atoms with Crippen LogP contribution in [0, 0.1) is 0 Å². The quantitative estimate of drug-likeness (QED) is 0.553. The highest BCUT2D eigenvalue weighted by molar-refractivity contribution is 7.80. The van der Waals surface area contributed by atoms with E-state index in [-0.39, 0.29) is 24.3 Å². The minimum atomic E-state index is -0.0757. The number of hydrogen-bond donors (Lipinski definition) is 3. The van der Waals surface area contributed by atoms with Crippen molar-refractivity contribution in [3.8, 4) is 17.0 Å². The molecule has 2 aromatic rings. The summed E-state index contributed by atoms with van der Waals surface area (Å²) in [5, 5.41) is 11.0. The highest BCUT2D eigenvalue weighted by Gasteiger charge is 2.48. The van der Waals surface area contributed by atoms with Gasteiger partial charge < -0.3 is 30.2 Å². The Bertz CT molecular complexity index is 953. The zero-order valence-corrected chi connectivity index (χ0v) is 19.6. The highest BCUT2D eigenvalue weighted by atomic mass is 32.1. The molecule has 9 heteroatoms. The van der Waals surface area contributed by atoms with Gasteiger partial charge in [-0.1, -0.05) is 19.3 Å². The molecule has 0 radical (unpaired) electrons. The Morgan fingerprint density at radius 3 is 2.45 bits per heavy atom. The molecule has 4 atom stereocenters. The minimum Gasteiger partial charge on any atom is -0.497 e. The molecule has 33 heavy (non-hydrogen) atoms. The SMILES string of the molecule is COc1ccc(-c2ccnc(NC3COC4C(NC(=S)NC5CCCCC5)COC34)n2)cc1. The second kappa shape index (κ2) is 10.2. The van der Waals surface area contributed by atoms with Crippen molar-refractivity contribution in [2.24, 2.45) is 0 Å². The van der Waals surface area contributed by atoms with Crippen molar-refractivity contribution in [2.45, 2.75) is 62.4 Å². The molecule has 1 aromatic carbocycles. The smallest absolute Gasteiger partial charge is 0.223 e. The lowest BCUT2D eigenvalue weighted by Gasteiger charge is -2.26. The lowest BCUT2D eigenvalue weighted by Crippen LogP contribution is -2.51. The molecule has 0 amide bonds. The summed E-state index contributed by atoms with van der Waals surface area (Å²) in [6, 6.07) is 10.2. The first-order valence-electron chi connectivity index (χ1n) is 11.7. The Kier molecular flexibility index (Phi) is 6.89. The number of benzene rings is 1. The van der Waals surface area contributed by atoms with Crippen molar-refractivity contribution in [3.05, 3.63) is 36.5 Å². The van der Waals surface area contributed by atoms with Crippen LogP contribution >= 0.6 is 12.2 Å². The van der Waals surface area contributed by atoms with Crippen LogP contribution in [0.5, 0.6) is 5.75 Å². The summed E-state index contributed by atoms with van der Waals surface area (Å²) in [7, 11) is 1.66. The van der Waals surface area contributed by atoms with Crippen LogP contribution in [0.15, 0.2) is 36.5 Å². The van der Waals surface area contributed by atoms with Crippen LogP contribution < -0.4 is 20.7 Å². The van der Waals surface area contributed by atoms with Crippen LogP contribution in [-0.4, -0.2) is 65.7 Å². The van der Waals surface area contributed by atoms with Crippen molar-refractivity contribution < 1.29 is 14.2 Å². The van der Waals surface area contributed by atoms with Gasteiger partial charge in [0, 0.05) is 17.8 Å².